The van der Waals surface area contributed by atoms with Gasteiger partial charge >= 0.3 is 0 Å². The van der Waals surface area contributed by atoms with Gasteiger partial charge in [0.1, 0.15) is 0 Å². The molecular weight excluding hydrogens is 342 g/mol. The number of nitrogens with one attached hydrogen (secondary N) is 2. The number of piperidine rings is 1. The maximum Gasteiger partial charge on any atom is 0.251 e. The predicted molar refractivity (Wildman–Crippen MR) is 96.4 cm³/mol. The first-order valence-electron chi connectivity index (χ1n) is 8.54. The van der Waals surface area contributed by atoms with Crippen LogP contribution in [0.4, 0.5) is 0 Å². The van der Waals surface area contributed by atoms with E-state index in [9.17, 15) is 14.4 Å². The molecule has 1 atom stereocenters. The minimum Gasteiger partial charge on any atom is -0.354 e. The SMILES string of the molecule is CC1CCCN(C(=O)CCNC(=O)CNC(=O)c2cccc(Cl)c2)C1. The molecule has 25 heavy (non-hydrogen) atoms. The molecular formula is C18H24ClN3O3. The van der Waals surface area contributed by atoms with E-state index in [1.165, 1.54) is 6.07 Å². The third kappa shape index (κ3) is 6.38. The van der Waals surface area contributed by atoms with Crippen molar-refractivity contribution in [1.82, 2.24) is 15.5 Å². The van der Waals surface area contributed by atoms with Crippen molar-refractivity contribution in [1.29, 1.82) is 0 Å². The molecule has 2 rings (SSSR count). The van der Waals surface area contributed by atoms with Crippen LogP contribution >= 0.6 is 11.6 Å². The topological polar surface area (TPSA) is 78.5 Å². The highest BCUT2D eigenvalue weighted by atomic mass is 35.5. The van der Waals surface area contributed by atoms with Crippen molar-refractivity contribution in [3.05, 3.63) is 34.9 Å². The maximum atomic E-state index is 12.1. The van der Waals surface area contributed by atoms with E-state index in [-0.39, 0.29) is 37.2 Å². The van der Waals surface area contributed by atoms with E-state index >= 15 is 0 Å². The molecule has 2 N–H and O–H groups in total. The van der Waals surface area contributed by atoms with Gasteiger partial charge in [-0.2, -0.15) is 0 Å². The molecule has 1 unspecified atom stereocenters. The number of rotatable bonds is 6. The van der Waals surface area contributed by atoms with Crippen LogP contribution in [0, 0.1) is 5.92 Å². The van der Waals surface area contributed by atoms with Gasteiger partial charge < -0.3 is 15.5 Å². The van der Waals surface area contributed by atoms with E-state index in [0.29, 0.717) is 16.5 Å². The standard InChI is InChI=1S/C18H24ClN3O3/c1-13-4-3-9-22(12-13)17(24)7-8-20-16(23)11-21-18(25)14-5-2-6-15(19)10-14/h2,5-6,10,13H,3-4,7-9,11-12H2,1H3,(H,20,23)(H,21,25). The van der Waals surface area contributed by atoms with E-state index in [1.807, 2.05) is 4.90 Å². The largest absolute Gasteiger partial charge is 0.354 e. The molecule has 0 aromatic heterocycles. The monoisotopic (exact) mass is 365 g/mol. The lowest BCUT2D eigenvalue weighted by molar-refractivity contribution is -0.132. The fourth-order valence-electron chi connectivity index (χ4n) is 2.84. The van der Waals surface area contributed by atoms with Crippen LogP contribution in [0.1, 0.15) is 36.5 Å². The van der Waals surface area contributed by atoms with E-state index in [1.54, 1.807) is 18.2 Å². The molecule has 0 spiro atoms. The highest BCUT2D eigenvalue weighted by Crippen LogP contribution is 2.15. The lowest BCUT2D eigenvalue weighted by Crippen LogP contribution is -2.42. The molecule has 0 radical (unpaired) electrons. The molecule has 1 saturated heterocycles. The predicted octanol–water partition coefficient (Wildman–Crippen LogP) is 1.83. The van der Waals surface area contributed by atoms with Gasteiger partial charge in [0.25, 0.3) is 5.91 Å². The zero-order chi connectivity index (χ0) is 18.2. The Kier molecular flexibility index (Phi) is 7.25. The van der Waals surface area contributed by atoms with Crippen molar-refractivity contribution in [3.8, 4) is 0 Å². The lowest BCUT2D eigenvalue weighted by atomic mass is 10.00. The van der Waals surface area contributed by atoms with Gasteiger partial charge in [-0.15, -0.1) is 0 Å². The Morgan fingerprint density at radius 3 is 2.80 bits per heavy atom. The quantitative estimate of drug-likeness (QED) is 0.807. The van der Waals surface area contributed by atoms with Crippen LogP contribution in [0.5, 0.6) is 0 Å². The Morgan fingerprint density at radius 1 is 1.28 bits per heavy atom. The molecule has 3 amide bonds. The zero-order valence-corrected chi connectivity index (χ0v) is 15.1. The molecule has 1 aromatic rings. The maximum absolute atomic E-state index is 12.1. The second-order valence-corrected chi connectivity index (χ2v) is 6.82. The fourth-order valence-corrected chi connectivity index (χ4v) is 3.03. The van der Waals surface area contributed by atoms with Crippen molar-refractivity contribution < 1.29 is 14.4 Å². The molecule has 7 heteroatoms. The van der Waals surface area contributed by atoms with Crippen molar-refractivity contribution in [2.45, 2.75) is 26.2 Å². The average Bonchev–Trinajstić information content (AvgIpc) is 2.59. The summed E-state index contributed by atoms with van der Waals surface area (Å²) in [4.78, 5) is 37.7. The first-order chi connectivity index (χ1) is 12.0. The summed E-state index contributed by atoms with van der Waals surface area (Å²) >= 11 is 5.83. The van der Waals surface area contributed by atoms with Crippen LogP contribution in [0.25, 0.3) is 0 Å². The van der Waals surface area contributed by atoms with Crippen LogP contribution in [0.3, 0.4) is 0 Å². The Bertz CT molecular complexity index is 636. The molecule has 1 heterocycles. The number of carbonyl (C=O) groups excluding carboxylic acids is 3. The van der Waals surface area contributed by atoms with E-state index in [2.05, 4.69) is 17.6 Å². The van der Waals surface area contributed by atoms with E-state index in [4.69, 9.17) is 11.6 Å². The number of nitrogens with zero attached hydrogens (tertiary/aromatic N) is 1. The number of carbonyl (C=O) groups is 3. The second kappa shape index (κ2) is 9.42. The zero-order valence-electron chi connectivity index (χ0n) is 14.4. The summed E-state index contributed by atoms with van der Waals surface area (Å²) in [5, 5.41) is 5.64. The van der Waals surface area contributed by atoms with Crippen molar-refractivity contribution in [3.63, 3.8) is 0 Å². The highest BCUT2D eigenvalue weighted by molar-refractivity contribution is 6.30. The fraction of sp³-hybridized carbons (Fsp3) is 0.500. The summed E-state index contributed by atoms with van der Waals surface area (Å²) in [5.74, 6) is -0.0879. The molecule has 1 aliphatic heterocycles. The number of likely N-dealkylation sites (tertiary alicyclic amines) is 1. The minimum absolute atomic E-state index is 0.0646. The third-order valence-corrected chi connectivity index (χ3v) is 4.40. The number of amides is 3. The summed E-state index contributed by atoms with van der Waals surface area (Å²) in [6.45, 7) is 3.87. The summed E-state index contributed by atoms with van der Waals surface area (Å²) in [6.07, 6.45) is 2.47. The van der Waals surface area contributed by atoms with Crippen LogP contribution in [-0.4, -0.2) is 48.8 Å². The number of hydrogen-bond acceptors (Lipinski definition) is 3. The van der Waals surface area contributed by atoms with Gasteiger partial charge in [-0.1, -0.05) is 24.6 Å². The Hall–Kier alpha value is -2.08. The Labute approximate surface area is 152 Å². The molecule has 0 aliphatic carbocycles. The first kappa shape index (κ1) is 19.2. The Morgan fingerprint density at radius 2 is 2.08 bits per heavy atom. The summed E-state index contributed by atoms with van der Waals surface area (Å²) in [6, 6.07) is 6.50. The molecule has 6 nitrogen and oxygen atoms in total. The molecule has 1 aromatic carbocycles. The lowest BCUT2D eigenvalue weighted by Gasteiger charge is -2.31. The number of benzene rings is 1. The van der Waals surface area contributed by atoms with Crippen LogP contribution in [-0.2, 0) is 9.59 Å². The summed E-state index contributed by atoms with van der Waals surface area (Å²) < 4.78 is 0. The molecule has 0 bridgehead atoms. The molecule has 1 fully saturated rings. The van der Waals surface area contributed by atoms with E-state index in [0.717, 1.165) is 25.9 Å². The van der Waals surface area contributed by atoms with Gasteiger partial charge in [-0.05, 0) is 37.0 Å². The van der Waals surface area contributed by atoms with Gasteiger partial charge in [-0.3, -0.25) is 14.4 Å². The van der Waals surface area contributed by atoms with Crippen LogP contribution in [0.15, 0.2) is 24.3 Å². The van der Waals surface area contributed by atoms with Gasteiger partial charge in [0.05, 0.1) is 6.54 Å². The van der Waals surface area contributed by atoms with Gasteiger partial charge in [0.2, 0.25) is 11.8 Å². The average molecular weight is 366 g/mol. The van der Waals surface area contributed by atoms with Gasteiger partial charge in [-0.25, -0.2) is 0 Å². The molecule has 1 aliphatic rings. The van der Waals surface area contributed by atoms with Crippen LogP contribution < -0.4 is 10.6 Å². The van der Waals surface area contributed by atoms with Crippen molar-refractivity contribution >= 4 is 29.3 Å². The Balaban J connectivity index is 1.65. The minimum atomic E-state index is -0.365. The third-order valence-electron chi connectivity index (χ3n) is 4.17. The number of hydrogen-bond donors (Lipinski definition) is 2. The van der Waals surface area contributed by atoms with Crippen LogP contribution in [0.2, 0.25) is 5.02 Å². The highest BCUT2D eigenvalue weighted by Gasteiger charge is 2.20. The normalized spacial score (nSPS) is 17.0. The van der Waals surface area contributed by atoms with E-state index < -0.39 is 0 Å². The first-order valence-corrected chi connectivity index (χ1v) is 8.91. The second-order valence-electron chi connectivity index (χ2n) is 6.38. The summed E-state index contributed by atoms with van der Waals surface area (Å²) in [5.41, 5.74) is 0.398. The van der Waals surface area contributed by atoms with Crippen molar-refractivity contribution in [2.75, 3.05) is 26.2 Å². The number of halogens is 1. The van der Waals surface area contributed by atoms with Gasteiger partial charge in [0, 0.05) is 36.6 Å². The molecule has 136 valence electrons. The molecule has 0 saturated carbocycles. The van der Waals surface area contributed by atoms with Gasteiger partial charge in [0.15, 0.2) is 0 Å². The summed E-state index contributed by atoms with van der Waals surface area (Å²) in [7, 11) is 0. The van der Waals surface area contributed by atoms with Crippen molar-refractivity contribution in [2.24, 2.45) is 5.92 Å². The smallest absolute Gasteiger partial charge is 0.251 e.